The highest BCUT2D eigenvalue weighted by Crippen LogP contribution is 2.53. The quantitative estimate of drug-likeness (QED) is 0.172. The summed E-state index contributed by atoms with van der Waals surface area (Å²) >= 11 is 0. The first-order valence-electron chi connectivity index (χ1n) is 17.3. The molecule has 0 N–H and O–H groups in total. The number of hydrogen-bond acceptors (Lipinski definition) is 0. The van der Waals surface area contributed by atoms with Crippen molar-refractivity contribution in [3.05, 3.63) is 181 Å². The molecule has 0 bridgehead atoms. The fourth-order valence-corrected chi connectivity index (χ4v) is 8.89. The van der Waals surface area contributed by atoms with Crippen LogP contribution in [-0.4, -0.2) is 0 Å². The summed E-state index contributed by atoms with van der Waals surface area (Å²) in [6, 6.07) is 63.0. The van der Waals surface area contributed by atoms with Gasteiger partial charge in [0.2, 0.25) is 0 Å². The summed E-state index contributed by atoms with van der Waals surface area (Å²) in [6.45, 7) is 4.75. The molecular weight excluding hydrogens is 589 g/mol. The van der Waals surface area contributed by atoms with Gasteiger partial charge in [0.1, 0.15) is 0 Å². The molecule has 0 heteroatoms. The Morgan fingerprint density at radius 1 is 0.327 bits per heavy atom. The van der Waals surface area contributed by atoms with Crippen molar-refractivity contribution in [2.45, 2.75) is 19.3 Å². The minimum absolute atomic E-state index is 0.0474. The van der Waals surface area contributed by atoms with Gasteiger partial charge in [0.15, 0.2) is 0 Å². The van der Waals surface area contributed by atoms with Gasteiger partial charge in [0.05, 0.1) is 0 Å². The SMILES string of the molecule is CC1(C)c2ccccc2-c2cc(-c3ccc(-c4c5ccccc5c(-c5cccc6ccccc56)c5ccccc45)cc3)c3ccccc3c21. The Balaban J connectivity index is 1.19. The van der Waals surface area contributed by atoms with Gasteiger partial charge in [-0.05, 0) is 105 Å². The first-order chi connectivity index (χ1) is 24.1. The minimum Gasteiger partial charge on any atom is -0.0619 e. The molecule has 0 aliphatic heterocycles. The Bertz CT molecular complexity index is 2720. The topological polar surface area (TPSA) is 0 Å². The van der Waals surface area contributed by atoms with Crippen molar-refractivity contribution in [2.24, 2.45) is 0 Å². The first kappa shape index (κ1) is 28.1. The van der Waals surface area contributed by atoms with Crippen LogP contribution in [0.3, 0.4) is 0 Å². The third-order valence-electron chi connectivity index (χ3n) is 11.0. The van der Waals surface area contributed by atoms with Crippen molar-refractivity contribution < 1.29 is 0 Å². The second-order valence-electron chi connectivity index (χ2n) is 14.0. The van der Waals surface area contributed by atoms with Crippen LogP contribution in [0.25, 0.3) is 87.6 Å². The molecule has 0 saturated heterocycles. The monoisotopic (exact) mass is 622 g/mol. The molecule has 1 aliphatic carbocycles. The zero-order valence-corrected chi connectivity index (χ0v) is 27.7. The van der Waals surface area contributed by atoms with E-state index in [1.807, 2.05) is 0 Å². The molecule has 0 nitrogen and oxygen atoms in total. The molecule has 10 rings (SSSR count). The maximum atomic E-state index is 2.45. The Morgan fingerprint density at radius 2 is 0.816 bits per heavy atom. The number of rotatable bonds is 3. The zero-order valence-electron chi connectivity index (χ0n) is 27.7. The van der Waals surface area contributed by atoms with Crippen molar-refractivity contribution in [1.29, 1.82) is 0 Å². The number of hydrogen-bond donors (Lipinski definition) is 0. The fraction of sp³-hybridized carbons (Fsp3) is 0.0612. The Morgan fingerprint density at radius 3 is 1.51 bits per heavy atom. The standard InChI is InChI=1S/C49H34/c1-49(2)45-25-12-11-18-36(45)44-30-43(35-17-5-10-23-42(35)48(44)49)32-26-28-33(29-27-32)46-38-19-6-8-21-40(38)47(41-22-9-7-20-39(41)46)37-24-13-15-31-14-3-4-16-34(31)37/h3-30H,1-2H3. The van der Waals surface area contributed by atoms with Gasteiger partial charge in [0, 0.05) is 5.41 Å². The van der Waals surface area contributed by atoms with Crippen molar-refractivity contribution in [3.8, 4) is 44.5 Å². The van der Waals surface area contributed by atoms with Crippen LogP contribution in [-0.2, 0) is 5.41 Å². The summed E-state index contributed by atoms with van der Waals surface area (Å²) in [4.78, 5) is 0. The maximum absolute atomic E-state index is 2.45. The van der Waals surface area contributed by atoms with Crippen LogP contribution in [0.2, 0.25) is 0 Å². The summed E-state index contributed by atoms with van der Waals surface area (Å²) in [5.74, 6) is 0. The van der Waals surface area contributed by atoms with E-state index in [0.29, 0.717) is 0 Å². The van der Waals surface area contributed by atoms with E-state index in [9.17, 15) is 0 Å². The molecule has 0 heterocycles. The lowest BCUT2D eigenvalue weighted by Crippen LogP contribution is -2.15. The van der Waals surface area contributed by atoms with Crippen molar-refractivity contribution in [2.75, 3.05) is 0 Å². The van der Waals surface area contributed by atoms with Gasteiger partial charge in [-0.15, -0.1) is 0 Å². The van der Waals surface area contributed by atoms with Gasteiger partial charge in [0.25, 0.3) is 0 Å². The van der Waals surface area contributed by atoms with Crippen LogP contribution in [0, 0.1) is 0 Å². The first-order valence-corrected chi connectivity index (χ1v) is 17.3. The van der Waals surface area contributed by atoms with Crippen molar-refractivity contribution in [1.82, 2.24) is 0 Å². The molecule has 0 amide bonds. The van der Waals surface area contributed by atoms with Crippen molar-refractivity contribution in [3.63, 3.8) is 0 Å². The molecular formula is C49H34. The van der Waals surface area contributed by atoms with Crippen LogP contribution in [0.15, 0.2) is 170 Å². The molecule has 0 atom stereocenters. The lowest BCUT2D eigenvalue weighted by molar-refractivity contribution is 0.666. The van der Waals surface area contributed by atoms with Crippen LogP contribution < -0.4 is 0 Å². The molecule has 230 valence electrons. The summed E-state index contributed by atoms with van der Waals surface area (Å²) in [5.41, 5.74) is 13.1. The average molecular weight is 623 g/mol. The predicted octanol–water partition coefficient (Wildman–Crippen LogP) is 13.6. The molecule has 0 spiro atoms. The van der Waals surface area contributed by atoms with Crippen LogP contribution in [0.1, 0.15) is 25.0 Å². The maximum Gasteiger partial charge on any atom is 0.0165 e. The van der Waals surface area contributed by atoms with Gasteiger partial charge in [-0.1, -0.05) is 178 Å². The largest absolute Gasteiger partial charge is 0.0619 e. The Labute approximate surface area is 286 Å². The van der Waals surface area contributed by atoms with E-state index in [-0.39, 0.29) is 5.41 Å². The van der Waals surface area contributed by atoms with Gasteiger partial charge in [-0.2, -0.15) is 0 Å². The zero-order chi connectivity index (χ0) is 32.7. The minimum atomic E-state index is -0.0474. The molecule has 1 aliphatic rings. The lowest BCUT2D eigenvalue weighted by Gasteiger charge is -2.24. The van der Waals surface area contributed by atoms with E-state index in [4.69, 9.17) is 0 Å². The third kappa shape index (κ3) is 4.04. The number of benzene rings is 9. The smallest absolute Gasteiger partial charge is 0.0165 e. The van der Waals surface area contributed by atoms with E-state index >= 15 is 0 Å². The molecule has 9 aromatic carbocycles. The van der Waals surface area contributed by atoms with E-state index in [2.05, 4.69) is 184 Å². The molecule has 0 radical (unpaired) electrons. The van der Waals surface area contributed by atoms with Gasteiger partial charge in [-0.25, -0.2) is 0 Å². The predicted molar refractivity (Wildman–Crippen MR) is 210 cm³/mol. The number of fused-ring (bicyclic) bond motifs is 8. The summed E-state index contributed by atoms with van der Waals surface area (Å²) < 4.78 is 0. The van der Waals surface area contributed by atoms with Gasteiger partial charge >= 0.3 is 0 Å². The fourth-order valence-electron chi connectivity index (χ4n) is 8.89. The second kappa shape index (κ2) is 10.5. The third-order valence-corrected chi connectivity index (χ3v) is 11.0. The van der Waals surface area contributed by atoms with Crippen LogP contribution >= 0.6 is 0 Å². The molecule has 0 unspecified atom stereocenters. The molecule has 49 heavy (non-hydrogen) atoms. The van der Waals surface area contributed by atoms with Crippen LogP contribution in [0.4, 0.5) is 0 Å². The average Bonchev–Trinajstić information content (AvgIpc) is 3.39. The Hall–Kier alpha value is -5.98. The van der Waals surface area contributed by atoms with Gasteiger partial charge in [-0.3, -0.25) is 0 Å². The lowest BCUT2D eigenvalue weighted by atomic mass is 9.79. The molecule has 9 aromatic rings. The molecule has 0 fully saturated rings. The van der Waals surface area contributed by atoms with E-state index < -0.39 is 0 Å². The highest BCUT2D eigenvalue weighted by molar-refractivity contribution is 6.23. The van der Waals surface area contributed by atoms with E-state index in [1.54, 1.807) is 0 Å². The molecule has 0 aromatic heterocycles. The van der Waals surface area contributed by atoms with E-state index in [0.717, 1.165) is 0 Å². The van der Waals surface area contributed by atoms with Crippen LogP contribution in [0.5, 0.6) is 0 Å². The van der Waals surface area contributed by atoms with Crippen molar-refractivity contribution >= 4 is 43.1 Å². The summed E-state index contributed by atoms with van der Waals surface area (Å²) in [7, 11) is 0. The Kier molecular flexibility index (Phi) is 6.02. The second-order valence-corrected chi connectivity index (χ2v) is 14.0. The summed E-state index contributed by atoms with van der Waals surface area (Å²) in [6.07, 6.45) is 0. The normalized spacial score (nSPS) is 13.3. The highest BCUT2D eigenvalue weighted by Gasteiger charge is 2.37. The van der Waals surface area contributed by atoms with E-state index in [1.165, 1.54) is 98.7 Å². The summed E-state index contributed by atoms with van der Waals surface area (Å²) in [5, 5.41) is 10.3. The van der Waals surface area contributed by atoms with Gasteiger partial charge < -0.3 is 0 Å². The molecule has 0 saturated carbocycles. The highest BCUT2D eigenvalue weighted by atomic mass is 14.4.